The molecule has 0 spiro atoms. The van der Waals surface area contributed by atoms with E-state index in [-0.39, 0.29) is 0 Å². The van der Waals surface area contributed by atoms with Crippen molar-refractivity contribution in [3.05, 3.63) is 36.3 Å². The molecule has 27 heavy (non-hydrogen) atoms. The average Bonchev–Trinajstić information content (AvgIpc) is 3.28. The summed E-state index contributed by atoms with van der Waals surface area (Å²) in [7, 11) is 0. The van der Waals surface area contributed by atoms with Crippen molar-refractivity contribution in [1.82, 2.24) is 19.9 Å². The Labute approximate surface area is 167 Å². The second-order valence-electron chi connectivity index (χ2n) is 6.93. The summed E-state index contributed by atoms with van der Waals surface area (Å²) in [4.78, 5) is 18.7. The quantitative estimate of drug-likeness (QED) is 0.360. The molecule has 3 heterocycles. The number of allylic oxidation sites excluding steroid dienone is 1. The highest BCUT2D eigenvalue weighted by Crippen LogP contribution is 2.38. The Morgan fingerprint density at radius 3 is 2.78 bits per heavy atom. The number of rotatable bonds is 5. The van der Waals surface area contributed by atoms with Gasteiger partial charge in [0, 0.05) is 12.2 Å². The van der Waals surface area contributed by atoms with Crippen molar-refractivity contribution in [2.45, 2.75) is 44.3 Å². The van der Waals surface area contributed by atoms with E-state index in [4.69, 9.17) is 9.97 Å². The molecule has 0 saturated heterocycles. The van der Waals surface area contributed by atoms with E-state index in [2.05, 4.69) is 27.9 Å². The van der Waals surface area contributed by atoms with Gasteiger partial charge in [-0.25, -0.2) is 15.0 Å². The summed E-state index contributed by atoms with van der Waals surface area (Å²) < 4.78 is 1.14. The largest absolute Gasteiger partial charge is 0.367 e. The molecule has 7 heteroatoms. The summed E-state index contributed by atoms with van der Waals surface area (Å²) in [6.07, 6.45) is 9.34. The van der Waals surface area contributed by atoms with Gasteiger partial charge in [0.15, 0.2) is 5.16 Å². The Kier molecular flexibility index (Phi) is 5.14. The van der Waals surface area contributed by atoms with Crippen LogP contribution in [0.15, 0.2) is 30.1 Å². The SMILES string of the molecule is C=CC1CCC(Nc2nc(SC)nc(C)c2-c2nc3c(C)nccc3s2)C1. The third kappa shape index (κ3) is 3.58. The van der Waals surface area contributed by atoms with Crippen molar-refractivity contribution in [2.24, 2.45) is 5.92 Å². The zero-order chi connectivity index (χ0) is 19.0. The van der Waals surface area contributed by atoms with Gasteiger partial charge in [-0.15, -0.1) is 17.9 Å². The molecular weight excluding hydrogens is 374 g/mol. The monoisotopic (exact) mass is 397 g/mol. The Balaban J connectivity index is 1.78. The Morgan fingerprint density at radius 2 is 2.07 bits per heavy atom. The van der Waals surface area contributed by atoms with Gasteiger partial charge in [-0.2, -0.15) is 0 Å². The molecule has 1 aliphatic carbocycles. The number of nitrogens with zero attached hydrogens (tertiary/aromatic N) is 4. The van der Waals surface area contributed by atoms with E-state index in [1.165, 1.54) is 6.42 Å². The number of thioether (sulfide) groups is 1. The second kappa shape index (κ2) is 7.56. The number of aromatic nitrogens is 4. The molecule has 0 bridgehead atoms. The van der Waals surface area contributed by atoms with Gasteiger partial charge < -0.3 is 5.32 Å². The van der Waals surface area contributed by atoms with Crippen molar-refractivity contribution >= 4 is 39.1 Å². The fourth-order valence-corrected chi connectivity index (χ4v) is 5.16. The van der Waals surface area contributed by atoms with E-state index < -0.39 is 0 Å². The first-order valence-corrected chi connectivity index (χ1v) is 11.2. The van der Waals surface area contributed by atoms with Gasteiger partial charge in [0.2, 0.25) is 0 Å². The van der Waals surface area contributed by atoms with Crippen molar-refractivity contribution < 1.29 is 0 Å². The smallest absolute Gasteiger partial charge is 0.189 e. The minimum Gasteiger partial charge on any atom is -0.367 e. The molecule has 4 rings (SSSR count). The number of hydrogen-bond acceptors (Lipinski definition) is 7. The second-order valence-corrected chi connectivity index (χ2v) is 8.74. The number of nitrogens with one attached hydrogen (secondary N) is 1. The van der Waals surface area contributed by atoms with Crippen LogP contribution in [0.4, 0.5) is 5.82 Å². The number of hydrogen-bond donors (Lipinski definition) is 1. The fourth-order valence-electron chi connectivity index (χ4n) is 3.64. The third-order valence-electron chi connectivity index (χ3n) is 5.10. The Hall–Kier alpha value is -1.99. The molecule has 1 fully saturated rings. The lowest BCUT2D eigenvalue weighted by Gasteiger charge is -2.17. The maximum atomic E-state index is 4.88. The number of thiazole rings is 1. The van der Waals surface area contributed by atoms with Crippen LogP contribution in [0.25, 0.3) is 20.8 Å². The van der Waals surface area contributed by atoms with Crippen LogP contribution in [0.3, 0.4) is 0 Å². The Bertz CT molecular complexity index is 997. The van der Waals surface area contributed by atoms with E-state index in [9.17, 15) is 0 Å². The third-order valence-corrected chi connectivity index (χ3v) is 6.69. The lowest BCUT2D eigenvalue weighted by atomic mass is 10.1. The van der Waals surface area contributed by atoms with Crippen LogP contribution in [0.1, 0.15) is 30.7 Å². The summed E-state index contributed by atoms with van der Waals surface area (Å²) in [5.74, 6) is 1.48. The van der Waals surface area contributed by atoms with Gasteiger partial charge in [0.1, 0.15) is 16.3 Å². The first kappa shape index (κ1) is 18.4. The van der Waals surface area contributed by atoms with E-state index in [1.54, 1.807) is 23.1 Å². The van der Waals surface area contributed by atoms with Crippen molar-refractivity contribution in [2.75, 3.05) is 11.6 Å². The zero-order valence-electron chi connectivity index (χ0n) is 15.8. The molecule has 0 amide bonds. The lowest BCUT2D eigenvalue weighted by molar-refractivity contribution is 0.670. The van der Waals surface area contributed by atoms with Crippen molar-refractivity contribution in [3.63, 3.8) is 0 Å². The molecule has 3 aromatic rings. The van der Waals surface area contributed by atoms with Crippen LogP contribution >= 0.6 is 23.1 Å². The molecule has 2 atom stereocenters. The van der Waals surface area contributed by atoms with E-state index in [1.807, 2.05) is 32.4 Å². The summed E-state index contributed by atoms with van der Waals surface area (Å²) in [6.45, 7) is 7.99. The van der Waals surface area contributed by atoms with Gasteiger partial charge in [-0.1, -0.05) is 17.8 Å². The van der Waals surface area contributed by atoms with Gasteiger partial charge in [0.05, 0.1) is 21.7 Å². The molecular formula is C20H23N5S2. The Morgan fingerprint density at radius 1 is 1.22 bits per heavy atom. The highest BCUT2D eigenvalue weighted by molar-refractivity contribution is 7.98. The maximum absolute atomic E-state index is 4.88. The van der Waals surface area contributed by atoms with Crippen LogP contribution < -0.4 is 5.32 Å². The minimum atomic E-state index is 0.411. The summed E-state index contributed by atoms with van der Waals surface area (Å²) >= 11 is 3.24. The molecule has 0 radical (unpaired) electrons. The fraction of sp³-hybridized carbons (Fsp3) is 0.400. The van der Waals surface area contributed by atoms with E-state index in [0.717, 1.165) is 56.0 Å². The van der Waals surface area contributed by atoms with E-state index >= 15 is 0 Å². The average molecular weight is 398 g/mol. The maximum Gasteiger partial charge on any atom is 0.189 e. The molecule has 3 aromatic heterocycles. The summed E-state index contributed by atoms with van der Waals surface area (Å²) in [5, 5.41) is 5.42. The standard InChI is InChI=1S/C20H23N5S2/c1-5-13-6-7-14(10-13)23-18-16(11(2)22-20(25-18)26-4)19-24-17-12(3)21-9-8-15(17)27-19/h5,8-9,13-14H,1,6-7,10H2,2-4H3,(H,22,23,25). The first-order chi connectivity index (χ1) is 13.1. The van der Waals surface area contributed by atoms with Crippen LogP contribution in [0, 0.1) is 19.8 Å². The number of pyridine rings is 1. The normalized spacial score (nSPS) is 19.5. The molecule has 1 saturated carbocycles. The molecule has 0 aliphatic heterocycles. The minimum absolute atomic E-state index is 0.411. The topological polar surface area (TPSA) is 63.6 Å². The first-order valence-electron chi connectivity index (χ1n) is 9.13. The summed E-state index contributed by atoms with van der Waals surface area (Å²) in [5.41, 5.74) is 3.88. The van der Waals surface area contributed by atoms with Crippen LogP contribution in [-0.4, -0.2) is 32.2 Å². The zero-order valence-corrected chi connectivity index (χ0v) is 17.5. The highest BCUT2D eigenvalue weighted by atomic mass is 32.2. The lowest BCUT2D eigenvalue weighted by Crippen LogP contribution is -2.18. The molecule has 5 nitrogen and oxygen atoms in total. The number of aryl methyl sites for hydroxylation is 2. The molecule has 0 aromatic carbocycles. The molecule has 2 unspecified atom stereocenters. The van der Waals surface area contributed by atoms with Crippen molar-refractivity contribution in [3.8, 4) is 10.6 Å². The van der Waals surface area contributed by atoms with Crippen molar-refractivity contribution in [1.29, 1.82) is 0 Å². The predicted molar refractivity (Wildman–Crippen MR) is 115 cm³/mol. The number of anilines is 1. The van der Waals surface area contributed by atoms with Gasteiger partial charge >= 0.3 is 0 Å². The predicted octanol–water partition coefficient (Wildman–Crippen LogP) is 5.25. The molecule has 140 valence electrons. The van der Waals surface area contributed by atoms with Gasteiger partial charge in [-0.3, -0.25) is 4.98 Å². The molecule has 1 N–H and O–H groups in total. The van der Waals surface area contributed by atoms with Crippen LogP contribution in [0.5, 0.6) is 0 Å². The summed E-state index contributed by atoms with van der Waals surface area (Å²) in [6, 6.07) is 2.43. The highest BCUT2D eigenvalue weighted by Gasteiger charge is 2.25. The van der Waals surface area contributed by atoms with Gasteiger partial charge in [0.25, 0.3) is 0 Å². The van der Waals surface area contributed by atoms with Gasteiger partial charge in [-0.05, 0) is 51.3 Å². The van der Waals surface area contributed by atoms with Crippen LogP contribution in [0.2, 0.25) is 0 Å². The van der Waals surface area contributed by atoms with Crippen LogP contribution in [-0.2, 0) is 0 Å². The number of fused-ring (bicyclic) bond motifs is 1. The molecule has 1 aliphatic rings. The van der Waals surface area contributed by atoms with E-state index in [0.29, 0.717) is 12.0 Å².